The number of unbranched alkanes of at least 4 members (excludes halogenated alkanes) is 1. The van der Waals surface area contributed by atoms with E-state index in [9.17, 15) is 0 Å². The normalized spacial score (nSPS) is 18.8. The van der Waals surface area contributed by atoms with E-state index in [2.05, 4.69) is 30.0 Å². The van der Waals surface area contributed by atoms with E-state index in [0.29, 0.717) is 0 Å². The topological polar surface area (TPSA) is 47.7 Å². The van der Waals surface area contributed by atoms with Crippen LogP contribution in [0.25, 0.3) is 0 Å². The molecular formula is C17H28N2O2. The zero-order valence-corrected chi connectivity index (χ0v) is 13.3. The monoisotopic (exact) mass is 292 g/mol. The van der Waals surface area contributed by atoms with E-state index in [1.807, 2.05) is 0 Å². The van der Waals surface area contributed by atoms with Crippen LogP contribution in [0.4, 0.5) is 5.69 Å². The molecule has 1 fully saturated rings. The first-order valence-corrected chi connectivity index (χ1v) is 7.93. The number of hydrogen-bond acceptors (Lipinski definition) is 4. The van der Waals surface area contributed by atoms with Crippen molar-refractivity contribution >= 4 is 5.69 Å². The lowest BCUT2D eigenvalue weighted by atomic mass is 10.0. The van der Waals surface area contributed by atoms with Crippen LogP contribution in [0.5, 0.6) is 5.75 Å². The van der Waals surface area contributed by atoms with E-state index in [-0.39, 0.29) is 6.04 Å². The highest BCUT2D eigenvalue weighted by molar-refractivity contribution is 5.60. The van der Waals surface area contributed by atoms with Crippen LogP contribution in [-0.2, 0) is 4.74 Å². The minimum atomic E-state index is 0.272. The van der Waals surface area contributed by atoms with Crippen LogP contribution in [0.2, 0.25) is 0 Å². The molecule has 118 valence electrons. The quantitative estimate of drug-likeness (QED) is 0.785. The summed E-state index contributed by atoms with van der Waals surface area (Å²) in [6, 6.07) is 6.68. The highest BCUT2D eigenvalue weighted by Gasteiger charge is 2.20. The van der Waals surface area contributed by atoms with Crippen molar-refractivity contribution in [3.63, 3.8) is 0 Å². The first kappa shape index (κ1) is 16.1. The maximum Gasteiger partial charge on any atom is 0.142 e. The predicted octanol–water partition coefficient (Wildman–Crippen LogP) is 2.73. The summed E-state index contributed by atoms with van der Waals surface area (Å²) >= 11 is 0. The first-order chi connectivity index (χ1) is 10.2. The van der Waals surface area contributed by atoms with E-state index >= 15 is 0 Å². The van der Waals surface area contributed by atoms with Gasteiger partial charge in [0.05, 0.1) is 12.3 Å². The molecule has 1 unspecified atom stereocenters. The van der Waals surface area contributed by atoms with E-state index in [0.717, 1.165) is 57.7 Å². The molecule has 21 heavy (non-hydrogen) atoms. The number of nitrogens with two attached hydrogens (primary N) is 1. The van der Waals surface area contributed by atoms with Crippen LogP contribution in [0.15, 0.2) is 18.2 Å². The molecule has 0 aliphatic carbocycles. The molecule has 1 aromatic carbocycles. The molecule has 0 spiro atoms. The summed E-state index contributed by atoms with van der Waals surface area (Å²) in [4.78, 5) is 2.37. The molecule has 0 aromatic heterocycles. The smallest absolute Gasteiger partial charge is 0.142 e. The van der Waals surface area contributed by atoms with Gasteiger partial charge in [0.1, 0.15) is 5.75 Å². The van der Waals surface area contributed by atoms with Crippen molar-refractivity contribution in [3.8, 4) is 5.75 Å². The molecule has 0 amide bonds. The van der Waals surface area contributed by atoms with Gasteiger partial charge in [0.2, 0.25) is 0 Å². The lowest BCUT2D eigenvalue weighted by Crippen LogP contribution is -2.43. The van der Waals surface area contributed by atoms with Gasteiger partial charge in [-0.15, -0.1) is 0 Å². The molecule has 0 radical (unpaired) electrons. The Balaban J connectivity index is 1.99. The number of aryl methyl sites for hydroxylation is 1. The highest BCUT2D eigenvalue weighted by atomic mass is 16.5. The average molecular weight is 292 g/mol. The van der Waals surface area contributed by atoms with Crippen molar-refractivity contribution in [2.24, 2.45) is 5.73 Å². The summed E-state index contributed by atoms with van der Waals surface area (Å²) in [6.45, 7) is 5.64. The first-order valence-electron chi connectivity index (χ1n) is 7.93. The molecule has 1 heterocycles. The summed E-state index contributed by atoms with van der Waals surface area (Å²) in [5.74, 6) is 0.979. The Bertz CT molecular complexity index is 437. The van der Waals surface area contributed by atoms with Gasteiger partial charge in [-0.25, -0.2) is 0 Å². The second-order valence-electron chi connectivity index (χ2n) is 5.87. The minimum absolute atomic E-state index is 0.272. The number of piperidine rings is 1. The maximum absolute atomic E-state index is 6.11. The molecule has 2 N–H and O–H groups in total. The van der Waals surface area contributed by atoms with Gasteiger partial charge in [-0.05, 0) is 50.3 Å². The van der Waals surface area contributed by atoms with E-state index in [4.69, 9.17) is 15.2 Å². The van der Waals surface area contributed by atoms with Crippen LogP contribution >= 0.6 is 0 Å². The van der Waals surface area contributed by atoms with E-state index in [1.165, 1.54) is 11.3 Å². The summed E-state index contributed by atoms with van der Waals surface area (Å²) in [5.41, 5.74) is 8.56. The van der Waals surface area contributed by atoms with Gasteiger partial charge >= 0.3 is 0 Å². The Hall–Kier alpha value is -1.26. The van der Waals surface area contributed by atoms with Gasteiger partial charge < -0.3 is 20.1 Å². The molecule has 1 aliphatic rings. The Morgan fingerprint density at radius 1 is 1.29 bits per heavy atom. The van der Waals surface area contributed by atoms with Crippen molar-refractivity contribution in [3.05, 3.63) is 23.8 Å². The fourth-order valence-corrected chi connectivity index (χ4v) is 2.76. The molecule has 0 bridgehead atoms. The van der Waals surface area contributed by atoms with Gasteiger partial charge in [-0.1, -0.05) is 6.07 Å². The van der Waals surface area contributed by atoms with Crippen LogP contribution in [0, 0.1) is 6.92 Å². The van der Waals surface area contributed by atoms with Crippen molar-refractivity contribution in [1.82, 2.24) is 0 Å². The molecule has 1 atom stereocenters. The molecule has 1 aromatic rings. The molecule has 2 rings (SSSR count). The second-order valence-corrected chi connectivity index (χ2v) is 5.87. The second kappa shape index (κ2) is 8.25. The van der Waals surface area contributed by atoms with Gasteiger partial charge in [-0.2, -0.15) is 0 Å². The third-order valence-corrected chi connectivity index (χ3v) is 3.91. The summed E-state index contributed by atoms with van der Waals surface area (Å²) in [7, 11) is 1.73. The largest absolute Gasteiger partial charge is 0.491 e. The molecule has 4 heteroatoms. The molecule has 1 aliphatic heterocycles. The zero-order valence-electron chi connectivity index (χ0n) is 13.3. The predicted molar refractivity (Wildman–Crippen MR) is 87.2 cm³/mol. The lowest BCUT2D eigenvalue weighted by molar-refractivity contribution is 0.184. The Morgan fingerprint density at radius 3 is 2.86 bits per heavy atom. The summed E-state index contributed by atoms with van der Waals surface area (Å²) < 4.78 is 11.1. The summed E-state index contributed by atoms with van der Waals surface area (Å²) in [6.07, 6.45) is 4.32. The molecule has 4 nitrogen and oxygen atoms in total. The number of hydrogen-bond donors (Lipinski definition) is 1. The Labute approximate surface area is 128 Å². The fraction of sp³-hybridized carbons (Fsp3) is 0.647. The standard InChI is InChI=1S/C17H28N2O2/c1-14-7-8-17(21-11-4-3-10-20-2)16(12-14)19-9-5-6-15(18)13-19/h7-8,12,15H,3-6,9-11,13,18H2,1-2H3. The van der Waals surface area contributed by atoms with Crippen molar-refractivity contribution < 1.29 is 9.47 Å². The van der Waals surface area contributed by atoms with E-state index < -0.39 is 0 Å². The molecular weight excluding hydrogens is 264 g/mol. The number of ether oxygens (including phenoxy) is 2. The number of benzene rings is 1. The maximum atomic E-state index is 6.11. The number of rotatable bonds is 7. The van der Waals surface area contributed by atoms with Gasteiger partial charge in [-0.3, -0.25) is 0 Å². The highest BCUT2D eigenvalue weighted by Crippen LogP contribution is 2.31. The number of methoxy groups -OCH3 is 1. The fourth-order valence-electron chi connectivity index (χ4n) is 2.76. The molecule has 1 saturated heterocycles. The third-order valence-electron chi connectivity index (χ3n) is 3.91. The zero-order chi connectivity index (χ0) is 15.1. The Kier molecular flexibility index (Phi) is 6.33. The number of anilines is 1. The average Bonchev–Trinajstić information content (AvgIpc) is 2.48. The lowest BCUT2D eigenvalue weighted by Gasteiger charge is -2.33. The van der Waals surface area contributed by atoms with Crippen molar-refractivity contribution in [1.29, 1.82) is 0 Å². The van der Waals surface area contributed by atoms with E-state index in [1.54, 1.807) is 7.11 Å². The van der Waals surface area contributed by atoms with Gasteiger partial charge in [0.15, 0.2) is 0 Å². The van der Waals surface area contributed by atoms with Crippen molar-refractivity contribution in [2.75, 3.05) is 38.3 Å². The van der Waals surface area contributed by atoms with Gasteiger partial charge in [0, 0.05) is 32.8 Å². The Morgan fingerprint density at radius 2 is 2.10 bits per heavy atom. The minimum Gasteiger partial charge on any atom is -0.491 e. The van der Waals surface area contributed by atoms with Gasteiger partial charge in [0.25, 0.3) is 0 Å². The third kappa shape index (κ3) is 4.90. The summed E-state index contributed by atoms with van der Waals surface area (Å²) in [5, 5.41) is 0. The SMILES string of the molecule is COCCCCOc1ccc(C)cc1N1CCCC(N)C1. The van der Waals surface area contributed by atoms with Crippen LogP contribution < -0.4 is 15.4 Å². The van der Waals surface area contributed by atoms with Crippen LogP contribution in [0.1, 0.15) is 31.2 Å². The van der Waals surface area contributed by atoms with Crippen LogP contribution in [0.3, 0.4) is 0 Å². The number of nitrogens with zero attached hydrogens (tertiary/aromatic N) is 1. The molecule has 0 saturated carbocycles. The van der Waals surface area contributed by atoms with Crippen LogP contribution in [-0.4, -0.2) is 39.5 Å². The van der Waals surface area contributed by atoms with Crippen molar-refractivity contribution in [2.45, 2.75) is 38.6 Å².